The highest BCUT2D eigenvalue weighted by molar-refractivity contribution is 6.10. The number of alkyl halides is 2. The van der Waals surface area contributed by atoms with Crippen molar-refractivity contribution in [2.45, 2.75) is 19.9 Å². The number of hydrogen-bond donors (Lipinski definition) is 3. The number of pyridine rings is 1. The Morgan fingerprint density at radius 1 is 1.37 bits per heavy atom. The molecule has 0 aliphatic carbocycles. The topological polar surface area (TPSA) is 109 Å². The van der Waals surface area contributed by atoms with Crippen LogP contribution in [0.3, 0.4) is 0 Å². The molecule has 0 bridgehead atoms. The zero-order valence-electron chi connectivity index (χ0n) is 16.2. The molecule has 0 fully saturated rings. The Bertz CT molecular complexity index is 1200. The largest absolute Gasteiger partial charge is 0.404 e. The first kappa shape index (κ1) is 21.0. The van der Waals surface area contributed by atoms with Crippen LogP contribution in [0.4, 0.5) is 19.0 Å². The summed E-state index contributed by atoms with van der Waals surface area (Å²) < 4.78 is 40.2. The second-order valence-electron chi connectivity index (χ2n) is 6.38. The Labute approximate surface area is 169 Å². The third kappa shape index (κ3) is 4.17. The number of aromatic amines is 1. The van der Waals surface area contributed by atoms with Gasteiger partial charge in [-0.1, -0.05) is 18.2 Å². The molecule has 156 valence electrons. The monoisotopic (exact) mass is 416 g/mol. The summed E-state index contributed by atoms with van der Waals surface area (Å²) in [5.74, 6) is -0.307. The molecule has 0 radical (unpaired) electrons. The lowest BCUT2D eigenvalue weighted by Gasteiger charge is -2.12. The van der Waals surface area contributed by atoms with Gasteiger partial charge in [0.15, 0.2) is 0 Å². The van der Waals surface area contributed by atoms with Crippen molar-refractivity contribution in [2.75, 3.05) is 12.4 Å². The molecule has 1 aromatic carbocycles. The van der Waals surface area contributed by atoms with Gasteiger partial charge in [0.25, 0.3) is 12.0 Å². The summed E-state index contributed by atoms with van der Waals surface area (Å²) in [5.41, 5.74) is 5.48. The van der Waals surface area contributed by atoms with Crippen molar-refractivity contribution in [1.29, 1.82) is 0 Å². The van der Waals surface area contributed by atoms with Crippen molar-refractivity contribution in [3.8, 4) is 0 Å². The molecular weight excluding hydrogens is 397 g/mol. The number of allylic oxidation sites excluding steroid dienone is 1. The molecule has 4 N–H and O–H groups in total. The van der Waals surface area contributed by atoms with Gasteiger partial charge < -0.3 is 16.0 Å². The van der Waals surface area contributed by atoms with Crippen molar-refractivity contribution >= 4 is 28.6 Å². The maximum atomic E-state index is 14.3. The van der Waals surface area contributed by atoms with Crippen molar-refractivity contribution in [3.05, 3.63) is 69.2 Å². The molecule has 0 aliphatic rings. The molecule has 7 nitrogen and oxygen atoms in total. The highest BCUT2D eigenvalue weighted by Crippen LogP contribution is 2.26. The van der Waals surface area contributed by atoms with Gasteiger partial charge in [0.05, 0.1) is 16.5 Å². The Kier molecular flexibility index (Phi) is 6.14. The number of aliphatic imine (C=N–C) groups is 1. The summed E-state index contributed by atoms with van der Waals surface area (Å²) in [5, 5.41) is 3.39. The van der Waals surface area contributed by atoms with Crippen molar-refractivity contribution in [2.24, 2.45) is 10.7 Å². The second kappa shape index (κ2) is 8.76. The number of anilines is 1. The lowest BCUT2D eigenvalue weighted by atomic mass is 10.1. The molecule has 3 rings (SSSR count). The number of aryl methyl sites for hydroxylation is 1. The number of aromatic nitrogens is 3. The number of nitrogens with one attached hydrogen (secondary N) is 2. The highest BCUT2D eigenvalue weighted by atomic mass is 19.3. The van der Waals surface area contributed by atoms with E-state index in [1.165, 1.54) is 24.5 Å². The average molecular weight is 416 g/mol. The van der Waals surface area contributed by atoms with Gasteiger partial charge in [-0.15, -0.1) is 0 Å². The average Bonchev–Trinajstić information content (AvgIpc) is 2.70. The number of halogens is 3. The summed E-state index contributed by atoms with van der Waals surface area (Å²) in [4.78, 5) is 27.5. The Balaban J connectivity index is 2.06. The van der Waals surface area contributed by atoms with Crippen LogP contribution < -0.4 is 16.6 Å². The van der Waals surface area contributed by atoms with E-state index in [1.54, 1.807) is 20.0 Å². The van der Waals surface area contributed by atoms with Crippen molar-refractivity contribution in [1.82, 2.24) is 15.0 Å². The molecule has 30 heavy (non-hydrogen) atoms. The van der Waals surface area contributed by atoms with Crippen LogP contribution >= 0.6 is 0 Å². The van der Waals surface area contributed by atoms with Crippen LogP contribution in [0, 0.1) is 12.7 Å². The van der Waals surface area contributed by atoms with Crippen LogP contribution in [0.15, 0.2) is 40.3 Å². The van der Waals surface area contributed by atoms with Gasteiger partial charge in [0, 0.05) is 37.1 Å². The zero-order valence-corrected chi connectivity index (χ0v) is 16.2. The Hall–Kier alpha value is -3.69. The molecule has 3 aromatic rings. The third-order valence-electron chi connectivity index (χ3n) is 4.37. The number of nitrogens with zero attached hydrogens (tertiary/aromatic N) is 3. The van der Waals surface area contributed by atoms with Gasteiger partial charge in [0.1, 0.15) is 23.1 Å². The molecule has 0 saturated carbocycles. The van der Waals surface area contributed by atoms with E-state index in [0.29, 0.717) is 22.6 Å². The van der Waals surface area contributed by atoms with Crippen LogP contribution in [-0.4, -0.2) is 28.2 Å². The van der Waals surface area contributed by atoms with Crippen LogP contribution in [0.1, 0.15) is 28.9 Å². The summed E-state index contributed by atoms with van der Waals surface area (Å²) in [6.45, 7) is 1.53. The predicted molar refractivity (Wildman–Crippen MR) is 110 cm³/mol. The minimum absolute atomic E-state index is 0.0579. The van der Waals surface area contributed by atoms with E-state index in [4.69, 9.17) is 5.73 Å². The van der Waals surface area contributed by atoms with Crippen molar-refractivity contribution in [3.63, 3.8) is 0 Å². The number of hydrogen-bond acceptors (Lipinski definition) is 6. The first-order chi connectivity index (χ1) is 14.3. The number of benzene rings is 1. The molecule has 0 spiro atoms. The highest BCUT2D eigenvalue weighted by Gasteiger charge is 2.17. The molecular formula is C20H19F3N6O. The molecule has 2 heterocycles. The normalized spacial score (nSPS) is 12.3. The van der Waals surface area contributed by atoms with E-state index >= 15 is 0 Å². The summed E-state index contributed by atoms with van der Waals surface area (Å²) in [6, 6.07) is 5.36. The minimum Gasteiger partial charge on any atom is -0.404 e. The smallest absolute Gasteiger partial charge is 0.266 e. The van der Waals surface area contributed by atoms with Crippen molar-refractivity contribution < 1.29 is 13.2 Å². The number of nitrogens with two attached hydrogens (primary N) is 1. The predicted octanol–water partition coefficient (Wildman–Crippen LogP) is 3.32. The van der Waals surface area contributed by atoms with Crippen LogP contribution in [0.2, 0.25) is 0 Å². The first-order valence-corrected chi connectivity index (χ1v) is 8.91. The molecule has 0 unspecified atom stereocenters. The maximum Gasteiger partial charge on any atom is 0.266 e. The Morgan fingerprint density at radius 3 is 2.80 bits per heavy atom. The molecule has 0 saturated heterocycles. The summed E-state index contributed by atoms with van der Waals surface area (Å²) in [6.07, 6.45) is -0.234. The lowest BCUT2D eigenvalue weighted by molar-refractivity contribution is 0.146. The molecule has 0 amide bonds. The van der Waals surface area contributed by atoms with Gasteiger partial charge in [-0.2, -0.15) is 0 Å². The lowest BCUT2D eigenvalue weighted by Crippen LogP contribution is -2.15. The second-order valence-corrected chi connectivity index (χ2v) is 6.38. The quantitative estimate of drug-likeness (QED) is 0.534. The third-order valence-corrected chi connectivity index (χ3v) is 4.37. The summed E-state index contributed by atoms with van der Waals surface area (Å²) in [7, 11) is 1.54. The van der Waals surface area contributed by atoms with Gasteiger partial charge in [-0.25, -0.2) is 23.1 Å². The van der Waals surface area contributed by atoms with E-state index in [1.807, 2.05) is 0 Å². The zero-order chi connectivity index (χ0) is 21.8. The van der Waals surface area contributed by atoms with E-state index in [9.17, 15) is 18.0 Å². The number of rotatable bonds is 6. The van der Waals surface area contributed by atoms with E-state index < -0.39 is 23.4 Å². The fraction of sp³-hybridized carbons (Fsp3) is 0.200. The maximum absolute atomic E-state index is 14.3. The molecule has 0 aliphatic heterocycles. The number of H-pyrrole nitrogens is 1. The Morgan fingerprint density at radius 2 is 2.13 bits per heavy atom. The molecule has 10 heteroatoms. The van der Waals surface area contributed by atoms with Crippen LogP contribution in [0.25, 0.3) is 16.6 Å². The van der Waals surface area contributed by atoms with E-state index in [0.717, 1.165) is 6.07 Å². The molecule has 2 aromatic heterocycles. The first-order valence-electron chi connectivity index (χ1n) is 8.91. The van der Waals surface area contributed by atoms with E-state index in [-0.39, 0.29) is 23.3 Å². The summed E-state index contributed by atoms with van der Waals surface area (Å²) >= 11 is 0. The van der Waals surface area contributed by atoms with E-state index in [2.05, 4.69) is 25.3 Å². The fourth-order valence-electron chi connectivity index (χ4n) is 2.97. The van der Waals surface area contributed by atoms with Gasteiger partial charge >= 0.3 is 0 Å². The molecule has 0 atom stereocenters. The van der Waals surface area contributed by atoms with Gasteiger partial charge in [-0.3, -0.25) is 9.79 Å². The van der Waals surface area contributed by atoms with Crippen LogP contribution in [-0.2, 0) is 6.54 Å². The minimum atomic E-state index is -2.92. The van der Waals surface area contributed by atoms with Gasteiger partial charge in [0.2, 0.25) is 0 Å². The van der Waals surface area contributed by atoms with Crippen LogP contribution in [0.5, 0.6) is 0 Å². The SMILES string of the molecule is CN=CC(=CN)c1cc2c(NCc3cccc(C(F)F)c3F)nc(C)nc2[nH]c1=O. The van der Waals surface area contributed by atoms with Gasteiger partial charge in [-0.05, 0) is 13.0 Å². The fourth-order valence-corrected chi connectivity index (χ4v) is 2.97. The number of fused-ring (bicyclic) bond motifs is 1. The standard InChI is InChI=1S/C20H19F3N6O/c1-10-27-18(26-9-11-4-3-5-13(16(11)21)17(22)23)15-6-14(12(7-24)8-25-2)20(30)29-19(15)28-10/h3-8,17H,9,24H2,1-2H3,(H2,26,27,28,29,30).